The molecule has 0 atom stereocenters. The van der Waals surface area contributed by atoms with Crippen molar-refractivity contribution in [3.8, 4) is 11.3 Å². The summed E-state index contributed by atoms with van der Waals surface area (Å²) in [6.45, 7) is 2.13. The highest BCUT2D eigenvalue weighted by molar-refractivity contribution is 5.77. The zero-order chi connectivity index (χ0) is 15.6. The maximum absolute atomic E-state index is 4.95. The van der Waals surface area contributed by atoms with Gasteiger partial charge in [-0.1, -0.05) is 55.7 Å². The molecule has 0 spiro atoms. The fourth-order valence-electron chi connectivity index (χ4n) is 3.58. The van der Waals surface area contributed by atoms with Crippen molar-refractivity contribution < 1.29 is 0 Å². The van der Waals surface area contributed by atoms with Gasteiger partial charge in [0, 0.05) is 17.8 Å². The van der Waals surface area contributed by atoms with Gasteiger partial charge in [0.05, 0.1) is 0 Å². The van der Waals surface area contributed by atoms with Crippen molar-refractivity contribution in [1.29, 1.82) is 0 Å². The molecule has 4 rings (SSSR count). The number of nitrogens with zero attached hydrogens (tertiary/aromatic N) is 2. The lowest BCUT2D eigenvalue weighted by molar-refractivity contribution is 0.462. The minimum absolute atomic E-state index is 0.562. The molecule has 3 aromatic rings. The number of rotatable bonds is 3. The standard InChI is InChI=1S/C20H23N3/c1-15-9-8-14-23-19(15)22-18(16-10-4-2-5-11-16)20(23)21-17-12-6-3-7-13-17/h2,4-5,8-11,14,17,21H,3,6-7,12-13H2,1H3. The zero-order valence-corrected chi connectivity index (χ0v) is 13.6. The highest BCUT2D eigenvalue weighted by Crippen LogP contribution is 2.32. The second kappa shape index (κ2) is 6.07. The summed E-state index contributed by atoms with van der Waals surface area (Å²) in [4.78, 5) is 4.95. The highest BCUT2D eigenvalue weighted by Gasteiger charge is 2.19. The molecule has 3 nitrogen and oxygen atoms in total. The Morgan fingerprint density at radius 1 is 1.00 bits per heavy atom. The molecule has 1 aliphatic carbocycles. The van der Waals surface area contributed by atoms with Gasteiger partial charge in [0.25, 0.3) is 0 Å². The van der Waals surface area contributed by atoms with Crippen molar-refractivity contribution in [2.45, 2.75) is 45.1 Å². The van der Waals surface area contributed by atoms with Gasteiger partial charge in [-0.15, -0.1) is 0 Å². The Balaban J connectivity index is 1.83. The van der Waals surface area contributed by atoms with Crippen LogP contribution in [0.5, 0.6) is 0 Å². The lowest BCUT2D eigenvalue weighted by Crippen LogP contribution is -2.23. The Morgan fingerprint density at radius 2 is 1.78 bits per heavy atom. The van der Waals surface area contributed by atoms with Crippen LogP contribution in [0.4, 0.5) is 5.82 Å². The van der Waals surface area contributed by atoms with Gasteiger partial charge in [-0.2, -0.15) is 0 Å². The van der Waals surface area contributed by atoms with Gasteiger partial charge in [-0.3, -0.25) is 4.40 Å². The van der Waals surface area contributed by atoms with E-state index in [9.17, 15) is 0 Å². The fourth-order valence-corrected chi connectivity index (χ4v) is 3.58. The van der Waals surface area contributed by atoms with Crippen LogP contribution in [0.15, 0.2) is 48.7 Å². The van der Waals surface area contributed by atoms with Crippen LogP contribution in [0, 0.1) is 6.92 Å². The molecule has 0 saturated heterocycles. The molecule has 1 N–H and O–H groups in total. The van der Waals surface area contributed by atoms with Crippen molar-refractivity contribution in [3.05, 3.63) is 54.2 Å². The molecule has 1 fully saturated rings. The Labute approximate surface area is 137 Å². The van der Waals surface area contributed by atoms with Crippen LogP contribution in [0.3, 0.4) is 0 Å². The van der Waals surface area contributed by atoms with Crippen molar-refractivity contribution in [2.75, 3.05) is 5.32 Å². The van der Waals surface area contributed by atoms with Crippen LogP contribution in [-0.2, 0) is 0 Å². The van der Waals surface area contributed by atoms with Crippen LogP contribution in [0.25, 0.3) is 16.9 Å². The molecule has 0 bridgehead atoms. The first-order chi connectivity index (χ1) is 11.3. The minimum atomic E-state index is 0.562. The van der Waals surface area contributed by atoms with E-state index in [1.165, 1.54) is 43.2 Å². The molecule has 1 saturated carbocycles. The number of fused-ring (bicyclic) bond motifs is 1. The van der Waals surface area contributed by atoms with Gasteiger partial charge in [-0.05, 0) is 31.4 Å². The number of aromatic nitrogens is 2. The van der Waals surface area contributed by atoms with Crippen LogP contribution in [0.2, 0.25) is 0 Å². The first-order valence-electron chi connectivity index (χ1n) is 8.62. The second-order valence-corrected chi connectivity index (χ2v) is 6.54. The summed E-state index contributed by atoms with van der Waals surface area (Å²) in [5, 5.41) is 3.80. The van der Waals surface area contributed by atoms with E-state index < -0.39 is 0 Å². The van der Waals surface area contributed by atoms with Gasteiger partial charge >= 0.3 is 0 Å². The molecule has 0 amide bonds. The highest BCUT2D eigenvalue weighted by atomic mass is 15.1. The molecule has 0 aliphatic heterocycles. The maximum Gasteiger partial charge on any atom is 0.142 e. The number of anilines is 1. The third-order valence-electron chi connectivity index (χ3n) is 4.84. The molecular weight excluding hydrogens is 282 g/mol. The van der Waals surface area contributed by atoms with Crippen molar-refractivity contribution in [3.63, 3.8) is 0 Å². The molecule has 1 aliphatic rings. The first-order valence-corrected chi connectivity index (χ1v) is 8.62. The van der Waals surface area contributed by atoms with Gasteiger partial charge in [-0.25, -0.2) is 4.98 Å². The Hall–Kier alpha value is -2.29. The number of nitrogens with one attached hydrogen (secondary N) is 1. The predicted molar refractivity (Wildman–Crippen MR) is 95.9 cm³/mol. The zero-order valence-electron chi connectivity index (χ0n) is 13.6. The van der Waals surface area contributed by atoms with Crippen LogP contribution >= 0.6 is 0 Å². The summed E-state index contributed by atoms with van der Waals surface area (Å²) >= 11 is 0. The molecule has 118 valence electrons. The van der Waals surface area contributed by atoms with Crippen molar-refractivity contribution in [1.82, 2.24) is 9.38 Å². The third-order valence-corrected chi connectivity index (χ3v) is 4.84. The average molecular weight is 305 g/mol. The van der Waals surface area contributed by atoms with E-state index in [0.29, 0.717) is 6.04 Å². The molecule has 1 aromatic carbocycles. The van der Waals surface area contributed by atoms with E-state index >= 15 is 0 Å². The molecule has 2 aromatic heterocycles. The van der Waals surface area contributed by atoms with E-state index in [0.717, 1.165) is 17.2 Å². The summed E-state index contributed by atoms with van der Waals surface area (Å²) in [6, 6.07) is 15.3. The predicted octanol–water partition coefficient (Wildman–Crippen LogP) is 5.05. The number of pyridine rings is 1. The van der Waals surface area contributed by atoms with E-state index in [1.54, 1.807) is 0 Å². The largest absolute Gasteiger partial charge is 0.367 e. The number of imidazole rings is 1. The summed E-state index contributed by atoms with van der Waals surface area (Å²) in [5.41, 5.74) is 4.49. The molecule has 3 heteroatoms. The summed E-state index contributed by atoms with van der Waals surface area (Å²) in [6.07, 6.45) is 8.66. The van der Waals surface area contributed by atoms with Crippen molar-refractivity contribution >= 4 is 11.5 Å². The van der Waals surface area contributed by atoms with E-state index in [4.69, 9.17) is 4.98 Å². The van der Waals surface area contributed by atoms with Crippen LogP contribution in [-0.4, -0.2) is 15.4 Å². The average Bonchev–Trinajstić information content (AvgIpc) is 2.97. The van der Waals surface area contributed by atoms with Crippen LogP contribution < -0.4 is 5.32 Å². The number of aryl methyl sites for hydroxylation is 1. The lowest BCUT2D eigenvalue weighted by Gasteiger charge is -2.24. The van der Waals surface area contributed by atoms with Crippen molar-refractivity contribution in [2.24, 2.45) is 0 Å². The molecular formula is C20H23N3. The smallest absolute Gasteiger partial charge is 0.142 e. The van der Waals surface area contributed by atoms with Gasteiger partial charge in [0.2, 0.25) is 0 Å². The van der Waals surface area contributed by atoms with Gasteiger partial charge in [0.15, 0.2) is 0 Å². The van der Waals surface area contributed by atoms with Crippen LogP contribution in [0.1, 0.15) is 37.7 Å². The third kappa shape index (κ3) is 2.72. The van der Waals surface area contributed by atoms with E-state index in [1.807, 2.05) is 0 Å². The molecule has 0 radical (unpaired) electrons. The Bertz CT molecular complexity index is 798. The summed E-state index contributed by atoms with van der Waals surface area (Å²) in [5.74, 6) is 1.14. The van der Waals surface area contributed by atoms with E-state index in [-0.39, 0.29) is 0 Å². The first kappa shape index (κ1) is 14.3. The topological polar surface area (TPSA) is 29.3 Å². The number of hydrogen-bond acceptors (Lipinski definition) is 2. The van der Waals surface area contributed by atoms with E-state index in [2.05, 4.69) is 65.3 Å². The molecule has 2 heterocycles. The number of benzene rings is 1. The van der Waals surface area contributed by atoms with Gasteiger partial charge in [0.1, 0.15) is 17.2 Å². The maximum atomic E-state index is 4.95. The summed E-state index contributed by atoms with van der Waals surface area (Å²) in [7, 11) is 0. The fraction of sp³-hybridized carbons (Fsp3) is 0.350. The normalized spacial score (nSPS) is 15.9. The monoisotopic (exact) mass is 305 g/mol. The molecule has 23 heavy (non-hydrogen) atoms. The Kier molecular flexibility index (Phi) is 3.78. The second-order valence-electron chi connectivity index (χ2n) is 6.54. The quantitative estimate of drug-likeness (QED) is 0.733. The molecule has 0 unspecified atom stereocenters. The number of hydrogen-bond donors (Lipinski definition) is 1. The summed E-state index contributed by atoms with van der Waals surface area (Å²) < 4.78 is 2.21. The minimum Gasteiger partial charge on any atom is -0.367 e. The lowest BCUT2D eigenvalue weighted by atomic mass is 9.95. The van der Waals surface area contributed by atoms with Gasteiger partial charge < -0.3 is 5.32 Å². The Morgan fingerprint density at radius 3 is 2.57 bits per heavy atom. The SMILES string of the molecule is Cc1cccn2c(NC3CCCCC3)c(-c3ccccc3)nc12.